The zero-order chi connectivity index (χ0) is 24.1. The maximum Gasteiger partial charge on any atom is 0.338 e. The van der Waals surface area contributed by atoms with Crippen molar-refractivity contribution in [2.75, 3.05) is 11.5 Å². The molecule has 5 nitrogen and oxygen atoms in total. The third kappa shape index (κ3) is 5.76. The Morgan fingerprint density at radius 3 is 2.52 bits per heavy atom. The summed E-state index contributed by atoms with van der Waals surface area (Å²) in [4.78, 5) is 25.1. The van der Waals surface area contributed by atoms with E-state index in [1.54, 1.807) is 30.3 Å². The molecule has 0 amide bonds. The summed E-state index contributed by atoms with van der Waals surface area (Å²) < 4.78 is 31.6. The van der Waals surface area contributed by atoms with Crippen molar-refractivity contribution in [1.29, 1.82) is 0 Å². The number of carbonyl (C=O) groups excluding carboxylic acids is 2. The quantitative estimate of drug-likeness (QED) is 0.225. The highest BCUT2D eigenvalue weighted by atomic mass is 32.2. The first-order valence-corrected chi connectivity index (χ1v) is 14.1. The maximum atomic E-state index is 12.9. The minimum atomic E-state index is -3.41. The van der Waals surface area contributed by atoms with Crippen LogP contribution in [0.3, 0.4) is 0 Å². The molecular weight excluding hydrogens is 436 g/mol. The van der Waals surface area contributed by atoms with Crippen LogP contribution in [0.25, 0.3) is 0 Å². The van der Waals surface area contributed by atoms with Gasteiger partial charge < -0.3 is 4.74 Å². The topological polar surface area (TPSA) is 77.5 Å². The summed E-state index contributed by atoms with van der Waals surface area (Å²) in [6, 6.07) is 8.91. The van der Waals surface area contributed by atoms with E-state index in [1.807, 2.05) is 12.1 Å². The molecule has 33 heavy (non-hydrogen) atoms. The monoisotopic (exact) mass is 474 g/mol. The Kier molecular flexibility index (Phi) is 8.20. The molecule has 1 aromatic rings. The smallest absolute Gasteiger partial charge is 0.338 e. The second-order valence-electron chi connectivity index (χ2n) is 10.3. The number of ketones is 1. The van der Waals surface area contributed by atoms with Crippen molar-refractivity contribution in [2.24, 2.45) is 16.7 Å². The first-order valence-electron chi connectivity index (χ1n) is 12.3. The van der Waals surface area contributed by atoms with Crippen molar-refractivity contribution in [2.45, 2.75) is 78.2 Å². The number of benzene rings is 1. The number of carbonyl (C=O) groups is 2. The van der Waals surface area contributed by atoms with Gasteiger partial charge in [-0.3, -0.25) is 4.79 Å². The van der Waals surface area contributed by atoms with Crippen LogP contribution in [0.5, 0.6) is 0 Å². The van der Waals surface area contributed by atoms with Crippen LogP contribution in [-0.4, -0.2) is 37.8 Å². The molecule has 2 fully saturated rings. The Balaban J connectivity index is 1.58. The van der Waals surface area contributed by atoms with Gasteiger partial charge in [0.15, 0.2) is 9.84 Å². The molecule has 0 heterocycles. The zero-order valence-electron chi connectivity index (χ0n) is 20.2. The summed E-state index contributed by atoms with van der Waals surface area (Å²) in [6.45, 7) is 6.24. The normalized spacial score (nSPS) is 24.9. The van der Waals surface area contributed by atoms with Crippen LogP contribution in [-0.2, 0) is 19.4 Å². The van der Waals surface area contributed by atoms with Gasteiger partial charge in [-0.1, -0.05) is 64.0 Å². The Bertz CT molecular complexity index is 963. The number of unbranched alkanes of at least 4 members (excludes halogenated alkanes) is 2. The number of ether oxygens (including phenoxy) is 1. The Morgan fingerprint density at radius 2 is 1.91 bits per heavy atom. The van der Waals surface area contributed by atoms with E-state index < -0.39 is 15.3 Å². The first-order chi connectivity index (χ1) is 15.6. The van der Waals surface area contributed by atoms with Gasteiger partial charge in [-0.25, -0.2) is 13.2 Å². The fourth-order valence-electron chi connectivity index (χ4n) is 5.65. The molecule has 2 aliphatic rings. The van der Waals surface area contributed by atoms with E-state index in [4.69, 9.17) is 4.74 Å². The van der Waals surface area contributed by atoms with Crippen LogP contribution in [0, 0.1) is 16.7 Å². The van der Waals surface area contributed by atoms with E-state index in [0.29, 0.717) is 30.7 Å². The summed E-state index contributed by atoms with van der Waals surface area (Å²) >= 11 is 0. The summed E-state index contributed by atoms with van der Waals surface area (Å²) in [5.41, 5.74) is -0.461. The van der Waals surface area contributed by atoms with Crippen LogP contribution in [0.2, 0.25) is 0 Å². The highest BCUT2D eigenvalue weighted by Gasteiger charge is 2.65. The van der Waals surface area contributed by atoms with E-state index in [2.05, 4.69) is 20.8 Å². The second kappa shape index (κ2) is 10.5. The standard InChI is InChI=1S/C27H38O5S/c1-4-5-7-14-23(32-25(29)21-12-8-6-9-13-21)15-10-11-18-33(30,31)20-27-17-16-22(19-24(27)28)26(27,2)3/h6,8-13,22-23H,4-5,7,14-20H2,1-3H3/b11-10+. The van der Waals surface area contributed by atoms with Crippen molar-refractivity contribution in [3.8, 4) is 0 Å². The molecule has 0 saturated heterocycles. The minimum Gasteiger partial charge on any atom is -0.458 e. The number of rotatable bonds is 12. The molecule has 182 valence electrons. The average Bonchev–Trinajstić information content (AvgIpc) is 3.11. The second-order valence-corrected chi connectivity index (χ2v) is 12.4. The lowest BCUT2D eigenvalue weighted by Gasteiger charge is -2.36. The van der Waals surface area contributed by atoms with Crippen molar-refractivity contribution >= 4 is 21.6 Å². The molecule has 3 unspecified atom stereocenters. The van der Waals surface area contributed by atoms with E-state index in [0.717, 1.165) is 32.1 Å². The Hall–Kier alpha value is -1.95. The molecular formula is C27H38O5S. The SMILES string of the molecule is CCCCCC(C/C=C/CS(=O)(=O)CC12CCC(CC1=O)C2(C)C)OC(=O)c1ccccc1. The summed E-state index contributed by atoms with van der Waals surface area (Å²) in [5.74, 6) is -0.0683. The number of hydrogen-bond donors (Lipinski definition) is 0. The predicted molar refractivity (Wildman–Crippen MR) is 131 cm³/mol. The van der Waals surface area contributed by atoms with Crippen molar-refractivity contribution in [3.63, 3.8) is 0 Å². The van der Waals surface area contributed by atoms with Gasteiger partial charge in [0.25, 0.3) is 0 Å². The van der Waals surface area contributed by atoms with Crippen molar-refractivity contribution in [3.05, 3.63) is 48.0 Å². The van der Waals surface area contributed by atoms with Crippen molar-refractivity contribution in [1.82, 2.24) is 0 Å². The van der Waals surface area contributed by atoms with Gasteiger partial charge in [0, 0.05) is 18.3 Å². The molecule has 3 atom stereocenters. The van der Waals surface area contributed by atoms with E-state index in [9.17, 15) is 18.0 Å². The molecule has 0 N–H and O–H groups in total. The molecule has 2 bridgehead atoms. The number of esters is 1. The van der Waals surface area contributed by atoms with Crippen LogP contribution in [0.15, 0.2) is 42.5 Å². The van der Waals surface area contributed by atoms with Gasteiger partial charge in [0.05, 0.1) is 17.1 Å². The van der Waals surface area contributed by atoms with Crippen LogP contribution < -0.4 is 0 Å². The largest absolute Gasteiger partial charge is 0.458 e. The molecule has 2 saturated carbocycles. The number of Topliss-reactive ketones (excluding diaryl/α,β-unsaturated/α-hetero) is 1. The molecule has 0 spiro atoms. The Morgan fingerprint density at radius 1 is 1.18 bits per heavy atom. The zero-order valence-corrected chi connectivity index (χ0v) is 21.0. The molecule has 3 rings (SSSR count). The highest BCUT2D eigenvalue weighted by molar-refractivity contribution is 7.91. The Labute approximate surface area is 198 Å². The lowest BCUT2D eigenvalue weighted by molar-refractivity contribution is -0.128. The molecule has 2 aliphatic carbocycles. The molecule has 1 aromatic carbocycles. The lowest BCUT2D eigenvalue weighted by Crippen LogP contribution is -2.42. The van der Waals surface area contributed by atoms with Crippen LogP contribution in [0.1, 0.15) is 82.5 Å². The first kappa shape index (κ1) is 25.7. The fourth-order valence-corrected chi connectivity index (χ4v) is 7.62. The maximum absolute atomic E-state index is 12.9. The molecule has 0 aromatic heterocycles. The summed E-state index contributed by atoms with van der Waals surface area (Å²) in [6.07, 6.45) is 9.64. The minimum absolute atomic E-state index is 0.0599. The van der Waals surface area contributed by atoms with Gasteiger partial charge in [0.1, 0.15) is 11.9 Å². The van der Waals surface area contributed by atoms with Crippen LogP contribution in [0.4, 0.5) is 0 Å². The number of hydrogen-bond acceptors (Lipinski definition) is 5. The summed E-state index contributed by atoms with van der Waals surface area (Å²) in [5, 5.41) is 0. The molecule has 6 heteroatoms. The highest BCUT2D eigenvalue weighted by Crippen LogP contribution is 2.64. The number of sulfone groups is 1. The van der Waals surface area contributed by atoms with Gasteiger partial charge in [0.2, 0.25) is 0 Å². The third-order valence-corrected chi connectivity index (χ3v) is 9.57. The van der Waals surface area contributed by atoms with E-state index >= 15 is 0 Å². The molecule has 0 radical (unpaired) electrons. The number of fused-ring (bicyclic) bond motifs is 2. The fraction of sp³-hybridized carbons (Fsp3) is 0.630. The third-order valence-electron chi connectivity index (χ3n) is 7.93. The van der Waals surface area contributed by atoms with Crippen molar-refractivity contribution < 1.29 is 22.7 Å². The predicted octanol–water partition coefficient (Wildman–Crippen LogP) is 5.55. The van der Waals surface area contributed by atoms with Gasteiger partial charge in [-0.05, 0) is 49.1 Å². The molecule has 0 aliphatic heterocycles. The lowest BCUT2D eigenvalue weighted by atomic mass is 9.70. The van der Waals surface area contributed by atoms with Gasteiger partial charge in [-0.2, -0.15) is 0 Å². The van der Waals surface area contributed by atoms with Gasteiger partial charge >= 0.3 is 5.97 Å². The summed E-state index contributed by atoms with van der Waals surface area (Å²) in [7, 11) is -3.41. The van der Waals surface area contributed by atoms with E-state index in [1.165, 1.54) is 0 Å². The van der Waals surface area contributed by atoms with E-state index in [-0.39, 0.29) is 34.8 Å². The average molecular weight is 475 g/mol. The van der Waals surface area contributed by atoms with Gasteiger partial charge in [-0.15, -0.1) is 0 Å². The van der Waals surface area contributed by atoms with Crippen LogP contribution >= 0.6 is 0 Å².